The zero-order valence-electron chi connectivity index (χ0n) is 15.0. The molecule has 2 aliphatic heterocycles. The first-order chi connectivity index (χ1) is 12.4. The molecule has 2 fully saturated rings. The summed E-state index contributed by atoms with van der Waals surface area (Å²) >= 11 is 0. The molecule has 0 spiro atoms. The molecule has 0 saturated carbocycles. The number of benzene rings is 1. The van der Waals surface area contributed by atoms with Crippen LogP contribution in [0.3, 0.4) is 0 Å². The van der Waals surface area contributed by atoms with Crippen molar-refractivity contribution in [3.05, 3.63) is 35.4 Å². The van der Waals surface area contributed by atoms with Crippen molar-refractivity contribution in [1.29, 1.82) is 0 Å². The second kappa shape index (κ2) is 9.42. The number of guanidine groups is 1. The molecule has 5 nitrogen and oxygen atoms in total. The topological polar surface area (TPSA) is 60.1 Å². The van der Waals surface area contributed by atoms with Gasteiger partial charge in [0.2, 0.25) is 0 Å². The van der Waals surface area contributed by atoms with Crippen LogP contribution in [0.15, 0.2) is 29.3 Å². The lowest BCUT2D eigenvalue weighted by Gasteiger charge is -2.37. The molecular formula is C18H25F3IN3O2. The van der Waals surface area contributed by atoms with Crippen molar-refractivity contribution in [2.45, 2.75) is 24.4 Å². The molecular weight excluding hydrogens is 474 g/mol. The van der Waals surface area contributed by atoms with Crippen molar-refractivity contribution in [3.63, 3.8) is 0 Å². The summed E-state index contributed by atoms with van der Waals surface area (Å²) in [6.07, 6.45) is -3.12. The number of ether oxygens (including phenoxy) is 2. The second-order valence-corrected chi connectivity index (χ2v) is 6.75. The van der Waals surface area contributed by atoms with E-state index < -0.39 is 17.2 Å². The van der Waals surface area contributed by atoms with E-state index in [9.17, 15) is 13.2 Å². The van der Waals surface area contributed by atoms with Crippen LogP contribution in [0.1, 0.15) is 24.0 Å². The number of halogens is 4. The Balaban J connectivity index is 0.00000261. The third-order valence-electron chi connectivity index (χ3n) is 5.13. The Morgan fingerprint density at radius 1 is 1.11 bits per heavy atom. The Hall–Kier alpha value is -1.07. The highest BCUT2D eigenvalue weighted by Gasteiger charge is 2.37. The molecule has 0 radical (unpaired) electrons. The molecule has 1 aromatic rings. The number of morpholine rings is 1. The molecule has 0 unspecified atom stereocenters. The normalized spacial score (nSPS) is 20.9. The zero-order chi connectivity index (χ0) is 18.6. The second-order valence-electron chi connectivity index (χ2n) is 6.75. The fourth-order valence-electron chi connectivity index (χ4n) is 3.45. The minimum Gasteiger partial charge on any atom is -0.381 e. The lowest BCUT2D eigenvalue weighted by molar-refractivity contribution is -0.137. The average Bonchev–Trinajstić information content (AvgIpc) is 2.67. The first kappa shape index (κ1) is 22.2. The first-order valence-corrected chi connectivity index (χ1v) is 8.79. The van der Waals surface area contributed by atoms with Gasteiger partial charge in [0.15, 0.2) is 5.96 Å². The number of aliphatic imine (C=N–C) groups is 1. The Bertz CT molecular complexity index is 643. The summed E-state index contributed by atoms with van der Waals surface area (Å²) in [6, 6.07) is 5.55. The number of hydrogen-bond donors (Lipinski definition) is 1. The van der Waals surface area contributed by atoms with Crippen LogP contribution in [0.4, 0.5) is 13.2 Å². The minimum absolute atomic E-state index is 0. The standard InChI is InChI=1S/C18H24F3N3O2.HI/c19-18(20,21)15-3-1-2-14(12-15)17(4-8-25-9-5-17)13-23-16(22)24-6-10-26-11-7-24;/h1-3,12H,4-11,13H2,(H2,22,23);1H. The van der Waals surface area contributed by atoms with Crippen LogP contribution in [-0.4, -0.2) is 56.9 Å². The lowest BCUT2D eigenvalue weighted by atomic mass is 9.74. The maximum absolute atomic E-state index is 13.1. The third kappa shape index (κ3) is 5.47. The number of alkyl halides is 3. The van der Waals surface area contributed by atoms with Crippen molar-refractivity contribution in [3.8, 4) is 0 Å². The summed E-state index contributed by atoms with van der Waals surface area (Å²) in [4.78, 5) is 6.49. The average molecular weight is 499 g/mol. The molecule has 9 heteroatoms. The highest BCUT2D eigenvalue weighted by Crippen LogP contribution is 2.38. The summed E-state index contributed by atoms with van der Waals surface area (Å²) in [5.74, 6) is 0.422. The molecule has 152 valence electrons. The van der Waals surface area contributed by atoms with Crippen LogP contribution in [0.2, 0.25) is 0 Å². The maximum Gasteiger partial charge on any atom is 0.416 e. The number of nitrogens with two attached hydrogens (primary N) is 1. The molecule has 0 atom stereocenters. The monoisotopic (exact) mass is 499 g/mol. The van der Waals surface area contributed by atoms with E-state index in [2.05, 4.69) is 4.99 Å². The molecule has 3 rings (SSSR count). The summed E-state index contributed by atoms with van der Waals surface area (Å²) in [5, 5.41) is 0. The van der Waals surface area contributed by atoms with E-state index in [-0.39, 0.29) is 24.0 Å². The Kier molecular flexibility index (Phi) is 7.75. The minimum atomic E-state index is -4.36. The van der Waals surface area contributed by atoms with Gasteiger partial charge >= 0.3 is 6.18 Å². The molecule has 2 aliphatic rings. The molecule has 0 aliphatic carbocycles. The van der Waals surface area contributed by atoms with E-state index in [1.54, 1.807) is 6.07 Å². The molecule has 2 heterocycles. The van der Waals surface area contributed by atoms with Crippen LogP contribution in [0.25, 0.3) is 0 Å². The van der Waals surface area contributed by atoms with Crippen LogP contribution >= 0.6 is 24.0 Å². The van der Waals surface area contributed by atoms with Gasteiger partial charge in [-0.2, -0.15) is 13.2 Å². The molecule has 2 saturated heterocycles. The van der Waals surface area contributed by atoms with Crippen molar-refractivity contribution in [2.24, 2.45) is 10.7 Å². The molecule has 0 amide bonds. The van der Waals surface area contributed by atoms with Crippen molar-refractivity contribution < 1.29 is 22.6 Å². The Morgan fingerprint density at radius 3 is 2.37 bits per heavy atom. The highest BCUT2D eigenvalue weighted by atomic mass is 127. The van der Waals surface area contributed by atoms with Crippen molar-refractivity contribution in [2.75, 3.05) is 46.1 Å². The maximum atomic E-state index is 13.1. The number of nitrogens with zero attached hydrogens (tertiary/aromatic N) is 2. The molecule has 1 aromatic carbocycles. The van der Waals surface area contributed by atoms with Gasteiger partial charge in [-0.1, -0.05) is 18.2 Å². The fraction of sp³-hybridized carbons (Fsp3) is 0.611. The summed E-state index contributed by atoms with van der Waals surface area (Å²) in [7, 11) is 0. The van der Waals surface area contributed by atoms with Crippen LogP contribution < -0.4 is 5.73 Å². The van der Waals surface area contributed by atoms with Crippen molar-refractivity contribution in [1.82, 2.24) is 4.90 Å². The van der Waals surface area contributed by atoms with Gasteiger partial charge in [0, 0.05) is 31.7 Å². The lowest BCUT2D eigenvalue weighted by Crippen LogP contribution is -2.46. The molecule has 0 bridgehead atoms. The first-order valence-electron chi connectivity index (χ1n) is 8.79. The van der Waals surface area contributed by atoms with E-state index in [1.807, 2.05) is 4.90 Å². The van der Waals surface area contributed by atoms with E-state index in [0.29, 0.717) is 70.4 Å². The predicted molar refractivity (Wildman–Crippen MR) is 107 cm³/mol. The molecule has 27 heavy (non-hydrogen) atoms. The van der Waals surface area contributed by atoms with Gasteiger partial charge in [-0.3, -0.25) is 4.99 Å². The summed E-state index contributed by atoms with van der Waals surface area (Å²) in [6.45, 7) is 3.91. The van der Waals surface area contributed by atoms with Crippen molar-refractivity contribution >= 4 is 29.9 Å². The number of rotatable bonds is 3. The van der Waals surface area contributed by atoms with Gasteiger partial charge in [-0.25, -0.2) is 0 Å². The van der Waals surface area contributed by atoms with Gasteiger partial charge < -0.3 is 20.1 Å². The Labute approximate surface area is 174 Å². The van der Waals surface area contributed by atoms with Gasteiger partial charge in [-0.05, 0) is 24.5 Å². The molecule has 0 aromatic heterocycles. The highest BCUT2D eigenvalue weighted by molar-refractivity contribution is 14.0. The van der Waals surface area contributed by atoms with Gasteiger partial charge in [0.25, 0.3) is 0 Å². The van der Waals surface area contributed by atoms with Crippen LogP contribution in [-0.2, 0) is 21.1 Å². The Morgan fingerprint density at radius 2 is 1.74 bits per heavy atom. The number of hydrogen-bond acceptors (Lipinski definition) is 3. The predicted octanol–water partition coefficient (Wildman–Crippen LogP) is 3.02. The summed E-state index contributed by atoms with van der Waals surface area (Å²) in [5.41, 5.74) is 5.64. The molecule has 2 N–H and O–H groups in total. The van der Waals surface area contributed by atoms with Crippen LogP contribution in [0.5, 0.6) is 0 Å². The van der Waals surface area contributed by atoms with Crippen LogP contribution in [0, 0.1) is 0 Å². The largest absolute Gasteiger partial charge is 0.416 e. The smallest absolute Gasteiger partial charge is 0.381 e. The zero-order valence-corrected chi connectivity index (χ0v) is 17.3. The fourth-order valence-corrected chi connectivity index (χ4v) is 3.45. The third-order valence-corrected chi connectivity index (χ3v) is 5.13. The van der Waals surface area contributed by atoms with E-state index >= 15 is 0 Å². The summed E-state index contributed by atoms with van der Waals surface area (Å²) < 4.78 is 50.1. The van der Waals surface area contributed by atoms with E-state index in [1.165, 1.54) is 12.1 Å². The van der Waals surface area contributed by atoms with Gasteiger partial charge in [-0.15, -0.1) is 24.0 Å². The van der Waals surface area contributed by atoms with Gasteiger partial charge in [0.1, 0.15) is 0 Å². The van der Waals surface area contributed by atoms with Gasteiger partial charge in [0.05, 0.1) is 25.3 Å². The SMILES string of the molecule is I.NC(=NCC1(c2cccc(C(F)(F)F)c2)CCOCC1)N1CCOCC1. The van der Waals surface area contributed by atoms with E-state index in [4.69, 9.17) is 15.2 Å². The van der Waals surface area contributed by atoms with E-state index in [0.717, 1.165) is 6.07 Å². The quantitative estimate of drug-likeness (QED) is 0.395.